The summed E-state index contributed by atoms with van der Waals surface area (Å²) in [5, 5.41) is 14.1. The number of halogens is 1. The number of nitrogens with one attached hydrogen (secondary N) is 1. The first-order valence-electron chi connectivity index (χ1n) is 7.21. The average Bonchev–Trinajstić information content (AvgIpc) is 3.05. The molecule has 0 saturated heterocycles. The highest BCUT2D eigenvalue weighted by Gasteiger charge is 2.20. The number of hydrogen-bond acceptors (Lipinski definition) is 5. The first kappa shape index (κ1) is 16.1. The number of anilines is 1. The quantitative estimate of drug-likeness (QED) is 0.721. The van der Waals surface area contributed by atoms with E-state index >= 15 is 0 Å². The van der Waals surface area contributed by atoms with E-state index in [1.54, 1.807) is 23.7 Å². The Kier molecular flexibility index (Phi) is 4.85. The van der Waals surface area contributed by atoms with Crippen molar-refractivity contribution in [2.45, 2.75) is 17.3 Å². The first-order chi connectivity index (χ1) is 11.6. The Bertz CT molecular complexity index is 839. The van der Waals surface area contributed by atoms with Gasteiger partial charge in [-0.15, -0.1) is 5.10 Å². The van der Waals surface area contributed by atoms with E-state index in [9.17, 15) is 9.18 Å². The SMILES string of the molecule is C[C@H](Sc1nnnn1-c1ccccc1)C(=O)Nc1ccccc1F. The van der Waals surface area contributed by atoms with Crippen molar-refractivity contribution < 1.29 is 9.18 Å². The van der Waals surface area contributed by atoms with Crippen molar-refractivity contribution in [1.29, 1.82) is 0 Å². The molecule has 0 aliphatic carbocycles. The fourth-order valence-electron chi connectivity index (χ4n) is 1.99. The van der Waals surface area contributed by atoms with Gasteiger partial charge in [0.2, 0.25) is 11.1 Å². The monoisotopic (exact) mass is 343 g/mol. The lowest BCUT2D eigenvalue weighted by atomic mass is 10.3. The minimum Gasteiger partial charge on any atom is -0.323 e. The van der Waals surface area contributed by atoms with Crippen LogP contribution in [0.15, 0.2) is 59.8 Å². The summed E-state index contributed by atoms with van der Waals surface area (Å²) >= 11 is 1.20. The van der Waals surface area contributed by atoms with Crippen molar-refractivity contribution in [1.82, 2.24) is 20.2 Å². The molecule has 6 nitrogen and oxygen atoms in total. The zero-order valence-electron chi connectivity index (χ0n) is 12.8. The number of carbonyl (C=O) groups excluding carboxylic acids is 1. The third kappa shape index (κ3) is 3.60. The van der Waals surface area contributed by atoms with E-state index in [2.05, 4.69) is 20.8 Å². The van der Waals surface area contributed by atoms with Gasteiger partial charge >= 0.3 is 0 Å². The van der Waals surface area contributed by atoms with Crippen molar-refractivity contribution in [3.63, 3.8) is 0 Å². The van der Waals surface area contributed by atoms with E-state index < -0.39 is 11.1 Å². The third-order valence-corrected chi connectivity index (χ3v) is 4.26. The predicted octanol–water partition coefficient (Wildman–Crippen LogP) is 2.92. The minimum atomic E-state index is -0.502. The molecule has 1 heterocycles. The van der Waals surface area contributed by atoms with Crippen LogP contribution in [0.25, 0.3) is 5.69 Å². The summed E-state index contributed by atoms with van der Waals surface area (Å²) in [5.74, 6) is -0.801. The lowest BCUT2D eigenvalue weighted by Gasteiger charge is -2.12. The largest absolute Gasteiger partial charge is 0.323 e. The third-order valence-electron chi connectivity index (χ3n) is 3.22. The molecule has 1 N–H and O–H groups in total. The minimum absolute atomic E-state index is 0.151. The molecule has 8 heteroatoms. The van der Waals surface area contributed by atoms with E-state index in [1.165, 1.54) is 23.9 Å². The Morgan fingerprint density at radius 1 is 1.17 bits per heavy atom. The van der Waals surface area contributed by atoms with Gasteiger partial charge in [-0.05, 0) is 41.6 Å². The van der Waals surface area contributed by atoms with Crippen LogP contribution < -0.4 is 5.32 Å². The number of benzene rings is 2. The zero-order valence-corrected chi connectivity index (χ0v) is 13.6. The van der Waals surface area contributed by atoms with Gasteiger partial charge in [-0.2, -0.15) is 4.68 Å². The number of rotatable bonds is 5. The Morgan fingerprint density at radius 3 is 2.62 bits per heavy atom. The normalized spacial score (nSPS) is 11.9. The van der Waals surface area contributed by atoms with Gasteiger partial charge in [-0.1, -0.05) is 42.1 Å². The second kappa shape index (κ2) is 7.22. The number of thioether (sulfide) groups is 1. The molecule has 0 bridgehead atoms. The summed E-state index contributed by atoms with van der Waals surface area (Å²) in [6.07, 6.45) is 0. The molecule has 0 spiro atoms. The van der Waals surface area contributed by atoms with E-state index in [1.807, 2.05) is 30.3 Å². The molecule has 24 heavy (non-hydrogen) atoms. The number of nitrogens with zero attached hydrogens (tertiary/aromatic N) is 4. The Morgan fingerprint density at radius 2 is 1.88 bits per heavy atom. The summed E-state index contributed by atoms with van der Waals surface area (Å²) in [4.78, 5) is 12.3. The smallest absolute Gasteiger partial charge is 0.237 e. The summed E-state index contributed by atoms with van der Waals surface area (Å²) in [6.45, 7) is 1.71. The van der Waals surface area contributed by atoms with Gasteiger partial charge in [-0.3, -0.25) is 4.79 Å². The zero-order chi connectivity index (χ0) is 16.9. The topological polar surface area (TPSA) is 72.7 Å². The van der Waals surface area contributed by atoms with Crippen LogP contribution in [0.1, 0.15) is 6.92 Å². The summed E-state index contributed by atoms with van der Waals surface area (Å²) in [6, 6.07) is 15.4. The van der Waals surface area contributed by atoms with E-state index in [0.29, 0.717) is 5.16 Å². The second-order valence-corrected chi connectivity index (χ2v) is 6.25. The van der Waals surface area contributed by atoms with E-state index in [-0.39, 0.29) is 11.6 Å². The number of amides is 1. The fraction of sp³-hybridized carbons (Fsp3) is 0.125. The van der Waals surface area contributed by atoms with Crippen LogP contribution in [0, 0.1) is 5.82 Å². The maximum atomic E-state index is 13.6. The van der Waals surface area contributed by atoms with E-state index in [0.717, 1.165) is 5.69 Å². The fourth-order valence-corrected chi connectivity index (χ4v) is 2.80. The summed E-state index contributed by atoms with van der Waals surface area (Å²) in [5.41, 5.74) is 0.948. The molecule has 3 aromatic rings. The Hall–Kier alpha value is -2.74. The lowest BCUT2D eigenvalue weighted by Crippen LogP contribution is -2.23. The van der Waals surface area contributed by atoms with Gasteiger partial charge in [0.15, 0.2) is 0 Å². The molecule has 2 aromatic carbocycles. The molecule has 0 aliphatic rings. The molecule has 1 atom stereocenters. The molecule has 1 aromatic heterocycles. The van der Waals surface area contributed by atoms with Crippen LogP contribution in [0.2, 0.25) is 0 Å². The highest BCUT2D eigenvalue weighted by molar-refractivity contribution is 8.00. The average molecular weight is 343 g/mol. The number of carbonyl (C=O) groups is 1. The van der Waals surface area contributed by atoms with Gasteiger partial charge in [0.05, 0.1) is 16.6 Å². The van der Waals surface area contributed by atoms with Crippen molar-refractivity contribution in [2.24, 2.45) is 0 Å². The molecule has 0 fully saturated rings. The second-order valence-electron chi connectivity index (χ2n) is 4.94. The van der Waals surface area contributed by atoms with Crippen LogP contribution in [0.3, 0.4) is 0 Å². The summed E-state index contributed by atoms with van der Waals surface area (Å²) < 4.78 is 15.2. The molecule has 1 amide bonds. The standard InChI is InChI=1S/C16H14FN5OS/c1-11(15(23)18-14-10-6-5-9-13(14)17)24-16-19-20-21-22(16)12-7-3-2-4-8-12/h2-11H,1H3,(H,18,23)/t11-/m0/s1. The van der Waals surface area contributed by atoms with Crippen LogP contribution in [0.4, 0.5) is 10.1 Å². The number of para-hydroxylation sites is 2. The highest BCUT2D eigenvalue weighted by atomic mass is 32.2. The molecular weight excluding hydrogens is 329 g/mol. The van der Waals surface area contributed by atoms with Crippen molar-refractivity contribution >= 4 is 23.4 Å². The maximum Gasteiger partial charge on any atom is 0.237 e. The number of hydrogen-bond donors (Lipinski definition) is 1. The lowest BCUT2D eigenvalue weighted by molar-refractivity contribution is -0.115. The maximum absolute atomic E-state index is 13.6. The summed E-state index contributed by atoms with van der Waals surface area (Å²) in [7, 11) is 0. The molecule has 0 unspecified atom stereocenters. The predicted molar refractivity (Wildman–Crippen MR) is 89.5 cm³/mol. The van der Waals surface area contributed by atoms with Crippen LogP contribution in [0.5, 0.6) is 0 Å². The van der Waals surface area contributed by atoms with Crippen LogP contribution in [-0.2, 0) is 4.79 Å². The van der Waals surface area contributed by atoms with E-state index in [4.69, 9.17) is 0 Å². The van der Waals surface area contributed by atoms with Gasteiger partial charge in [-0.25, -0.2) is 4.39 Å². The number of tetrazole rings is 1. The highest BCUT2D eigenvalue weighted by Crippen LogP contribution is 2.24. The molecule has 0 radical (unpaired) electrons. The first-order valence-corrected chi connectivity index (χ1v) is 8.09. The van der Waals surface area contributed by atoms with Crippen LogP contribution in [-0.4, -0.2) is 31.4 Å². The van der Waals surface area contributed by atoms with Gasteiger partial charge in [0.25, 0.3) is 0 Å². The van der Waals surface area contributed by atoms with Gasteiger partial charge in [0.1, 0.15) is 5.82 Å². The van der Waals surface area contributed by atoms with Crippen LogP contribution >= 0.6 is 11.8 Å². The Balaban J connectivity index is 1.72. The molecule has 0 saturated carbocycles. The van der Waals surface area contributed by atoms with Gasteiger partial charge < -0.3 is 5.32 Å². The molecule has 122 valence electrons. The molecular formula is C16H14FN5OS. The molecule has 0 aliphatic heterocycles. The van der Waals surface area contributed by atoms with Crippen molar-refractivity contribution in [2.75, 3.05) is 5.32 Å². The van der Waals surface area contributed by atoms with Crippen molar-refractivity contribution in [3.8, 4) is 5.69 Å². The van der Waals surface area contributed by atoms with Crippen molar-refractivity contribution in [3.05, 3.63) is 60.4 Å². The number of aromatic nitrogens is 4. The molecule has 3 rings (SSSR count). The Labute approximate surface area is 142 Å². The van der Waals surface area contributed by atoms with Gasteiger partial charge in [0, 0.05) is 0 Å².